The molecule has 1 amide bonds. The predicted molar refractivity (Wildman–Crippen MR) is 92.0 cm³/mol. The number of nitrogens with two attached hydrogens (primary N) is 1. The van der Waals surface area contributed by atoms with Gasteiger partial charge in [0.1, 0.15) is 0 Å². The van der Waals surface area contributed by atoms with Gasteiger partial charge in [0.05, 0.1) is 17.3 Å². The van der Waals surface area contributed by atoms with Gasteiger partial charge in [-0.1, -0.05) is 12.1 Å². The average molecular weight is 341 g/mol. The molecule has 1 aromatic carbocycles. The standard InChI is InChI=1S/C15H20N4O3.ClH/c1-10(9-16)18(2)13(20)7-8-19-15(22)12-6-4-3-5-11(12)14(21)17-19;/h3-6,10H,7-9,16H2,1-2H3,(H,17,21);1H. The number of carbonyl (C=O) groups excluding carboxylic acids is 1. The van der Waals surface area contributed by atoms with Crippen molar-refractivity contribution in [3.05, 3.63) is 45.0 Å². The summed E-state index contributed by atoms with van der Waals surface area (Å²) in [5.74, 6) is -0.126. The highest BCUT2D eigenvalue weighted by atomic mass is 35.5. The van der Waals surface area contributed by atoms with Crippen LogP contribution >= 0.6 is 12.4 Å². The Hall–Kier alpha value is -2.12. The second-order valence-corrected chi connectivity index (χ2v) is 5.28. The number of nitrogens with zero attached hydrogens (tertiary/aromatic N) is 2. The average Bonchev–Trinajstić information content (AvgIpc) is 2.55. The maximum atomic E-state index is 12.3. The van der Waals surface area contributed by atoms with Crippen molar-refractivity contribution in [2.24, 2.45) is 5.73 Å². The van der Waals surface area contributed by atoms with Gasteiger partial charge >= 0.3 is 0 Å². The molecule has 0 aliphatic carbocycles. The van der Waals surface area contributed by atoms with Gasteiger partial charge in [-0.05, 0) is 19.1 Å². The van der Waals surface area contributed by atoms with E-state index in [4.69, 9.17) is 5.73 Å². The Morgan fingerprint density at radius 3 is 2.52 bits per heavy atom. The first kappa shape index (κ1) is 18.9. The third-order valence-electron chi connectivity index (χ3n) is 3.83. The van der Waals surface area contributed by atoms with Crippen molar-refractivity contribution in [2.45, 2.75) is 25.9 Å². The van der Waals surface area contributed by atoms with Crippen molar-refractivity contribution in [1.29, 1.82) is 0 Å². The summed E-state index contributed by atoms with van der Waals surface area (Å²) in [4.78, 5) is 37.8. The van der Waals surface area contributed by atoms with E-state index in [0.717, 1.165) is 0 Å². The number of fused-ring (bicyclic) bond motifs is 1. The molecule has 1 atom stereocenters. The number of carbonyl (C=O) groups is 1. The molecule has 1 aromatic heterocycles. The van der Waals surface area contributed by atoms with Crippen LogP contribution in [-0.4, -0.2) is 40.2 Å². The number of H-pyrrole nitrogens is 1. The van der Waals surface area contributed by atoms with Gasteiger partial charge in [-0.15, -0.1) is 12.4 Å². The van der Waals surface area contributed by atoms with E-state index in [-0.39, 0.29) is 48.4 Å². The van der Waals surface area contributed by atoms with E-state index < -0.39 is 0 Å². The molecule has 1 unspecified atom stereocenters. The topological polar surface area (TPSA) is 101 Å². The number of hydrogen-bond acceptors (Lipinski definition) is 4. The fourth-order valence-corrected chi connectivity index (χ4v) is 2.19. The minimum absolute atomic E-state index is 0. The van der Waals surface area contributed by atoms with Crippen molar-refractivity contribution < 1.29 is 4.79 Å². The molecule has 0 fully saturated rings. The summed E-state index contributed by atoms with van der Waals surface area (Å²) in [7, 11) is 1.67. The third kappa shape index (κ3) is 4.00. The van der Waals surface area contributed by atoms with Crippen molar-refractivity contribution >= 4 is 29.1 Å². The molecule has 0 saturated heterocycles. The fourth-order valence-electron chi connectivity index (χ4n) is 2.19. The summed E-state index contributed by atoms with van der Waals surface area (Å²) in [6.45, 7) is 2.34. The van der Waals surface area contributed by atoms with E-state index in [1.54, 1.807) is 36.2 Å². The summed E-state index contributed by atoms with van der Waals surface area (Å²) >= 11 is 0. The van der Waals surface area contributed by atoms with Crippen LogP contribution in [0.1, 0.15) is 13.3 Å². The van der Waals surface area contributed by atoms with E-state index in [1.807, 2.05) is 6.92 Å². The second kappa shape index (κ2) is 7.94. The van der Waals surface area contributed by atoms with Crippen molar-refractivity contribution in [1.82, 2.24) is 14.7 Å². The zero-order valence-corrected chi connectivity index (χ0v) is 13.9. The van der Waals surface area contributed by atoms with Crippen molar-refractivity contribution in [2.75, 3.05) is 13.6 Å². The quantitative estimate of drug-likeness (QED) is 0.817. The van der Waals surface area contributed by atoms with E-state index in [9.17, 15) is 14.4 Å². The molecule has 0 aliphatic heterocycles. The number of aryl methyl sites for hydroxylation is 1. The molecule has 0 bridgehead atoms. The van der Waals surface area contributed by atoms with Crippen LogP contribution in [0, 0.1) is 0 Å². The lowest BCUT2D eigenvalue weighted by Crippen LogP contribution is -2.40. The molecule has 1 heterocycles. The van der Waals surface area contributed by atoms with E-state index in [0.29, 0.717) is 17.3 Å². The minimum atomic E-state index is -0.341. The lowest BCUT2D eigenvalue weighted by molar-refractivity contribution is -0.131. The predicted octanol–water partition coefficient (Wildman–Crippen LogP) is 0.307. The van der Waals surface area contributed by atoms with Crippen LogP contribution in [0.2, 0.25) is 0 Å². The zero-order chi connectivity index (χ0) is 16.3. The van der Waals surface area contributed by atoms with Gasteiger partial charge in [0.25, 0.3) is 11.1 Å². The van der Waals surface area contributed by atoms with E-state index >= 15 is 0 Å². The highest BCUT2D eigenvalue weighted by Crippen LogP contribution is 2.03. The maximum Gasteiger partial charge on any atom is 0.273 e. The second-order valence-electron chi connectivity index (χ2n) is 5.28. The van der Waals surface area contributed by atoms with Gasteiger partial charge in [0, 0.05) is 26.1 Å². The van der Waals surface area contributed by atoms with Crippen molar-refractivity contribution in [3.8, 4) is 0 Å². The number of aromatic nitrogens is 2. The molecule has 0 aliphatic rings. The molecule has 3 N–H and O–H groups in total. The Kier molecular flexibility index (Phi) is 6.53. The van der Waals surface area contributed by atoms with E-state index in [1.165, 1.54) is 4.68 Å². The van der Waals surface area contributed by atoms with Crippen molar-refractivity contribution in [3.63, 3.8) is 0 Å². The monoisotopic (exact) mass is 340 g/mol. The van der Waals surface area contributed by atoms with Crippen LogP contribution in [0.3, 0.4) is 0 Å². The summed E-state index contributed by atoms with van der Waals surface area (Å²) in [6, 6.07) is 6.54. The first-order valence-corrected chi connectivity index (χ1v) is 7.13. The number of aromatic amines is 1. The summed E-state index contributed by atoms with van der Waals surface area (Å²) in [5.41, 5.74) is 4.88. The minimum Gasteiger partial charge on any atom is -0.342 e. The largest absolute Gasteiger partial charge is 0.342 e. The zero-order valence-electron chi connectivity index (χ0n) is 13.1. The summed E-state index contributed by atoms with van der Waals surface area (Å²) < 4.78 is 1.18. The molecule has 23 heavy (non-hydrogen) atoms. The Morgan fingerprint density at radius 2 is 1.91 bits per heavy atom. The summed E-state index contributed by atoms with van der Waals surface area (Å²) in [6.07, 6.45) is 0.120. The molecule has 0 radical (unpaired) electrons. The number of hydrogen-bond donors (Lipinski definition) is 2. The SMILES string of the molecule is CC(CN)N(C)C(=O)CCn1[nH]c(=O)c2ccccc2c1=O.Cl. The number of halogens is 1. The van der Waals surface area contributed by atoms with Crippen LogP contribution in [0.5, 0.6) is 0 Å². The molecule has 126 valence electrons. The van der Waals surface area contributed by atoms with Crippen LogP contribution in [0.25, 0.3) is 10.8 Å². The van der Waals surface area contributed by atoms with Gasteiger partial charge < -0.3 is 10.6 Å². The Balaban J connectivity index is 0.00000264. The lowest BCUT2D eigenvalue weighted by atomic mass is 10.2. The highest BCUT2D eigenvalue weighted by molar-refractivity contribution is 5.85. The highest BCUT2D eigenvalue weighted by Gasteiger charge is 2.15. The van der Waals surface area contributed by atoms with Gasteiger partial charge in [0.2, 0.25) is 5.91 Å². The van der Waals surface area contributed by atoms with Gasteiger partial charge in [-0.2, -0.15) is 0 Å². The number of likely N-dealkylation sites (N-methyl/N-ethyl adjacent to an activating group) is 1. The van der Waals surface area contributed by atoms with E-state index in [2.05, 4.69) is 5.10 Å². The Morgan fingerprint density at radius 1 is 1.30 bits per heavy atom. The number of rotatable bonds is 5. The Bertz CT molecular complexity index is 799. The third-order valence-corrected chi connectivity index (χ3v) is 3.83. The van der Waals surface area contributed by atoms with Crippen LogP contribution < -0.4 is 16.9 Å². The molecule has 2 aromatic rings. The molecule has 0 saturated carbocycles. The molecule has 7 nitrogen and oxygen atoms in total. The number of nitrogens with one attached hydrogen (secondary N) is 1. The fraction of sp³-hybridized carbons (Fsp3) is 0.400. The number of benzene rings is 1. The molecule has 8 heteroatoms. The lowest BCUT2D eigenvalue weighted by Gasteiger charge is -2.23. The molecular formula is C15H21ClN4O3. The number of amides is 1. The van der Waals surface area contributed by atoms with Crippen LogP contribution in [0.4, 0.5) is 0 Å². The molecular weight excluding hydrogens is 320 g/mol. The Labute approximate surface area is 139 Å². The van der Waals surface area contributed by atoms with Gasteiger partial charge in [-0.25, -0.2) is 4.68 Å². The molecule has 2 rings (SSSR count). The summed E-state index contributed by atoms with van der Waals surface area (Å²) in [5, 5.41) is 3.21. The molecule has 0 spiro atoms. The van der Waals surface area contributed by atoms with Gasteiger partial charge in [-0.3, -0.25) is 19.5 Å². The van der Waals surface area contributed by atoms with Gasteiger partial charge in [0.15, 0.2) is 0 Å². The first-order valence-electron chi connectivity index (χ1n) is 7.13. The first-order chi connectivity index (χ1) is 10.5. The normalized spacial score (nSPS) is 11.8. The van der Waals surface area contributed by atoms with Crippen LogP contribution in [0.15, 0.2) is 33.9 Å². The maximum absolute atomic E-state index is 12.3. The van der Waals surface area contributed by atoms with Crippen LogP contribution in [-0.2, 0) is 11.3 Å². The smallest absolute Gasteiger partial charge is 0.273 e.